The zero-order valence-electron chi connectivity index (χ0n) is 23.1. The van der Waals surface area contributed by atoms with Gasteiger partial charge in [0.05, 0.1) is 5.25 Å². The van der Waals surface area contributed by atoms with E-state index in [-0.39, 0.29) is 16.7 Å². The number of thiophene rings is 1. The van der Waals surface area contributed by atoms with Gasteiger partial charge >= 0.3 is 17.9 Å². The summed E-state index contributed by atoms with van der Waals surface area (Å²) in [6.45, 7) is 8.77. The largest absolute Gasteiger partial charge is 0.450 e. The van der Waals surface area contributed by atoms with Crippen molar-refractivity contribution < 1.29 is 55.0 Å². The lowest BCUT2D eigenvalue weighted by molar-refractivity contribution is -0.181. The number of nitrogens with one attached hydrogen (secondary N) is 2. The molecule has 4 unspecified atom stereocenters. The first kappa shape index (κ1) is 33.6. The van der Waals surface area contributed by atoms with E-state index in [0.717, 1.165) is 13.8 Å². The number of fused-ring (bicyclic) bond motifs is 1. The van der Waals surface area contributed by atoms with Crippen molar-refractivity contribution in [1.29, 1.82) is 0 Å². The van der Waals surface area contributed by atoms with Gasteiger partial charge < -0.3 is 24.3 Å². The number of carbonyl (C=O) groups excluding carboxylic acids is 4. The highest BCUT2D eigenvalue weighted by atomic mass is 32.3. The molecule has 0 aliphatic carbocycles. The lowest BCUT2D eigenvalue weighted by Crippen LogP contribution is -2.41. The Hall–Kier alpha value is -2.60. The van der Waals surface area contributed by atoms with E-state index in [1.165, 1.54) is 27.0 Å². The Balaban J connectivity index is 2.05. The van der Waals surface area contributed by atoms with Crippen molar-refractivity contribution in [2.45, 2.75) is 92.1 Å². The fourth-order valence-corrected chi connectivity index (χ4v) is 8.53. The summed E-state index contributed by atoms with van der Waals surface area (Å²) in [4.78, 5) is 48.7. The number of hydrogen-bond donors (Lipinski definition) is 2. The summed E-state index contributed by atoms with van der Waals surface area (Å²) >= 11 is 0.532. The molecule has 1 aliphatic rings. The van der Waals surface area contributed by atoms with Crippen LogP contribution in [0.15, 0.2) is 14.5 Å². The average Bonchev–Trinajstić information content (AvgIpc) is 3.34. The minimum absolute atomic E-state index is 0.0864. The Morgan fingerprint density at radius 3 is 1.98 bits per heavy atom. The highest BCUT2D eigenvalue weighted by Gasteiger charge is 2.40. The van der Waals surface area contributed by atoms with Crippen LogP contribution < -0.4 is 10.0 Å². The topological polar surface area (TPSA) is 198 Å². The highest BCUT2D eigenvalue weighted by molar-refractivity contribution is 7.95. The van der Waals surface area contributed by atoms with Crippen LogP contribution in [-0.4, -0.2) is 84.0 Å². The van der Waals surface area contributed by atoms with Crippen molar-refractivity contribution in [3.8, 4) is 0 Å². The fraction of sp³-hybridized carbons (Fsp3) is 0.652. The van der Waals surface area contributed by atoms with Gasteiger partial charge in [0.1, 0.15) is 8.42 Å². The molecule has 17 heteroatoms. The third-order valence-electron chi connectivity index (χ3n) is 5.98. The summed E-state index contributed by atoms with van der Waals surface area (Å²) in [5.41, 5.74) is 0.310. The van der Waals surface area contributed by atoms with Crippen LogP contribution in [0, 0.1) is 0 Å². The molecule has 1 amide bonds. The molecule has 0 spiro atoms. The second-order valence-electron chi connectivity index (χ2n) is 9.09. The summed E-state index contributed by atoms with van der Waals surface area (Å²) in [5.74, 6) is -4.28. The predicted molar refractivity (Wildman–Crippen MR) is 140 cm³/mol. The summed E-state index contributed by atoms with van der Waals surface area (Å²) in [5, 5.41) is 2.41. The van der Waals surface area contributed by atoms with Crippen LogP contribution in [0.3, 0.4) is 0 Å². The molecule has 0 radical (unpaired) electrons. The number of amides is 1. The Morgan fingerprint density at radius 2 is 1.48 bits per heavy atom. The van der Waals surface area contributed by atoms with Crippen molar-refractivity contribution in [2.24, 2.45) is 0 Å². The molecule has 0 saturated carbocycles. The SMILES string of the molecule is CCN[C@H]1C[C@H](C)S(=O)(=O)c2sc(S(=O)(=O)NC(=O)C(C)OC(=O)C(C)OC(=O)C(C)OC(=O)C(C)OC)cc21. The molecule has 0 aromatic carbocycles. The highest BCUT2D eigenvalue weighted by Crippen LogP contribution is 2.42. The summed E-state index contributed by atoms with van der Waals surface area (Å²) in [6.07, 6.45) is -5.21. The van der Waals surface area contributed by atoms with E-state index in [9.17, 15) is 36.0 Å². The van der Waals surface area contributed by atoms with Gasteiger partial charge in [0, 0.05) is 18.7 Å². The van der Waals surface area contributed by atoms with Gasteiger partial charge in [-0.3, -0.25) is 4.79 Å². The van der Waals surface area contributed by atoms with E-state index >= 15 is 0 Å². The molecule has 6 atom stereocenters. The van der Waals surface area contributed by atoms with Gasteiger partial charge in [0.25, 0.3) is 15.9 Å². The molecule has 0 bridgehead atoms. The zero-order valence-corrected chi connectivity index (χ0v) is 25.5. The maximum Gasteiger partial charge on any atom is 0.347 e. The van der Waals surface area contributed by atoms with Crippen molar-refractivity contribution in [2.75, 3.05) is 13.7 Å². The quantitative estimate of drug-likeness (QED) is 0.242. The molecule has 40 heavy (non-hydrogen) atoms. The Kier molecular flexibility index (Phi) is 11.2. The van der Waals surface area contributed by atoms with E-state index in [1.807, 2.05) is 6.92 Å². The van der Waals surface area contributed by atoms with Crippen molar-refractivity contribution in [3.63, 3.8) is 0 Å². The van der Waals surface area contributed by atoms with Gasteiger partial charge in [-0.2, -0.15) is 0 Å². The molecule has 1 aliphatic heterocycles. The van der Waals surface area contributed by atoms with Crippen molar-refractivity contribution >= 4 is 55.0 Å². The monoisotopic (exact) mass is 626 g/mol. The predicted octanol–water partition coefficient (Wildman–Crippen LogP) is 0.600. The summed E-state index contributed by atoms with van der Waals surface area (Å²) < 4.78 is 72.2. The van der Waals surface area contributed by atoms with Crippen LogP contribution in [0.5, 0.6) is 0 Å². The lowest BCUT2D eigenvalue weighted by Gasteiger charge is -2.27. The van der Waals surface area contributed by atoms with Gasteiger partial charge in [-0.05, 0) is 53.7 Å². The zero-order chi connectivity index (χ0) is 30.6. The number of carbonyl (C=O) groups is 4. The summed E-state index contributed by atoms with van der Waals surface area (Å²) in [7, 11) is -7.00. The molecule has 14 nitrogen and oxygen atoms in total. The van der Waals surface area contributed by atoms with E-state index in [4.69, 9.17) is 18.9 Å². The standard InChI is InChI=1S/C23H34N2O12S3/c1-8-24-17-9-11(2)39(30,31)23-16(17)10-18(38-23)40(32,33)25-19(26)12(3)35-21(28)14(5)37-22(29)15(6)36-20(27)13(4)34-7/h10-15,17,24H,8-9H2,1-7H3,(H,25,26)/t11-,12?,13?,14?,15?,17-/m0/s1. The molecule has 226 valence electrons. The van der Waals surface area contributed by atoms with Crippen LogP contribution in [0.4, 0.5) is 0 Å². The Labute approximate surface area is 237 Å². The lowest BCUT2D eigenvalue weighted by atomic mass is 10.1. The molecule has 2 heterocycles. The van der Waals surface area contributed by atoms with Crippen LogP contribution in [0.25, 0.3) is 0 Å². The van der Waals surface area contributed by atoms with Crippen LogP contribution >= 0.6 is 11.3 Å². The smallest absolute Gasteiger partial charge is 0.347 e. The van der Waals surface area contributed by atoms with Gasteiger partial charge in [-0.15, -0.1) is 11.3 Å². The number of sulfonamides is 1. The normalized spacial score (nSPS) is 21.2. The second-order valence-corrected chi connectivity index (χ2v) is 14.6. The third kappa shape index (κ3) is 7.78. The number of rotatable bonds is 12. The van der Waals surface area contributed by atoms with E-state index in [2.05, 4.69) is 5.32 Å². The minimum Gasteiger partial charge on any atom is -0.450 e. The van der Waals surface area contributed by atoms with Gasteiger partial charge in [0.2, 0.25) is 0 Å². The molecule has 0 fully saturated rings. The maximum absolute atomic E-state index is 12.9. The van der Waals surface area contributed by atoms with Gasteiger partial charge in [0.15, 0.2) is 34.3 Å². The van der Waals surface area contributed by atoms with Gasteiger partial charge in [-0.25, -0.2) is 35.9 Å². The summed E-state index contributed by atoms with van der Waals surface area (Å²) in [6, 6.07) is 0.833. The molecule has 2 rings (SSSR count). The first-order valence-electron chi connectivity index (χ1n) is 12.3. The molecular formula is C23H34N2O12S3. The first-order valence-corrected chi connectivity index (χ1v) is 16.1. The van der Waals surface area contributed by atoms with E-state index in [1.54, 1.807) is 11.6 Å². The number of hydrogen-bond acceptors (Lipinski definition) is 14. The average molecular weight is 627 g/mol. The number of sulfone groups is 1. The number of ether oxygens (including phenoxy) is 4. The molecule has 0 saturated heterocycles. The van der Waals surface area contributed by atoms with Crippen LogP contribution in [0.2, 0.25) is 0 Å². The maximum atomic E-state index is 12.9. The fourth-order valence-electron chi connectivity index (χ4n) is 3.49. The van der Waals surface area contributed by atoms with Crippen LogP contribution in [0.1, 0.15) is 59.6 Å². The minimum atomic E-state index is -4.52. The third-order valence-corrected chi connectivity index (χ3v) is 11.7. The van der Waals surface area contributed by atoms with Crippen LogP contribution in [-0.2, 0) is 58.0 Å². The number of methoxy groups -OCH3 is 1. The van der Waals surface area contributed by atoms with Crippen molar-refractivity contribution in [3.05, 3.63) is 11.6 Å². The van der Waals surface area contributed by atoms with Crippen molar-refractivity contribution in [1.82, 2.24) is 10.0 Å². The molecule has 2 N–H and O–H groups in total. The number of esters is 3. The molecule has 1 aromatic rings. The van der Waals surface area contributed by atoms with E-state index < -0.39 is 77.6 Å². The first-order chi connectivity index (χ1) is 18.5. The molecule has 1 aromatic heterocycles. The van der Waals surface area contributed by atoms with Gasteiger partial charge in [-0.1, -0.05) is 6.92 Å². The second kappa shape index (κ2) is 13.4. The molecular weight excluding hydrogens is 592 g/mol. The Bertz CT molecular complexity index is 1340. The Morgan fingerprint density at radius 1 is 0.975 bits per heavy atom. The van der Waals surface area contributed by atoms with E-state index in [0.29, 0.717) is 23.4 Å².